The topological polar surface area (TPSA) is 60.0 Å². The van der Waals surface area contributed by atoms with E-state index in [-0.39, 0.29) is 11.9 Å². The van der Waals surface area contributed by atoms with Crippen LogP contribution < -0.4 is 19.5 Å². The van der Waals surface area contributed by atoms with Gasteiger partial charge in [0.05, 0.1) is 26.9 Å². The first-order valence-electron chi connectivity index (χ1n) is 6.90. The van der Waals surface area contributed by atoms with Crippen LogP contribution in [0.4, 0.5) is 0 Å². The number of carbonyl (C=O) groups is 1. The maximum atomic E-state index is 12.7. The molecular formula is C15H22N2O4. The first kappa shape index (κ1) is 15.4. The van der Waals surface area contributed by atoms with E-state index in [2.05, 4.69) is 5.32 Å². The number of carbonyl (C=O) groups excluding carboxylic acids is 1. The van der Waals surface area contributed by atoms with E-state index in [0.29, 0.717) is 22.8 Å². The maximum Gasteiger partial charge on any atom is 0.257 e. The molecule has 0 radical (unpaired) electrons. The van der Waals surface area contributed by atoms with Crippen LogP contribution in [0.2, 0.25) is 0 Å². The highest BCUT2D eigenvalue weighted by Gasteiger charge is 2.27. The van der Waals surface area contributed by atoms with E-state index in [4.69, 9.17) is 14.2 Å². The van der Waals surface area contributed by atoms with Gasteiger partial charge in [-0.1, -0.05) is 0 Å². The molecule has 0 bridgehead atoms. The molecule has 1 saturated heterocycles. The third-order valence-corrected chi connectivity index (χ3v) is 3.84. The van der Waals surface area contributed by atoms with Crippen molar-refractivity contribution in [3.63, 3.8) is 0 Å². The van der Waals surface area contributed by atoms with Crippen LogP contribution in [0.3, 0.4) is 0 Å². The van der Waals surface area contributed by atoms with Crippen LogP contribution in [0.1, 0.15) is 16.8 Å². The molecule has 1 unspecified atom stereocenters. The van der Waals surface area contributed by atoms with Gasteiger partial charge >= 0.3 is 0 Å². The molecule has 1 aromatic rings. The lowest BCUT2D eigenvalue weighted by atomic mass is 10.1. The Bertz CT molecular complexity index is 513. The average molecular weight is 294 g/mol. The van der Waals surface area contributed by atoms with Gasteiger partial charge in [-0.2, -0.15) is 0 Å². The number of nitrogens with one attached hydrogen (secondary N) is 1. The minimum absolute atomic E-state index is 0.0819. The van der Waals surface area contributed by atoms with Crippen LogP contribution in [0.15, 0.2) is 12.1 Å². The monoisotopic (exact) mass is 294 g/mol. The van der Waals surface area contributed by atoms with Crippen LogP contribution in [0.25, 0.3) is 0 Å². The predicted octanol–water partition coefficient (Wildman–Crippen LogP) is 1.15. The Hall–Kier alpha value is -1.95. The van der Waals surface area contributed by atoms with Crippen molar-refractivity contribution in [3.05, 3.63) is 17.7 Å². The van der Waals surface area contributed by atoms with Gasteiger partial charge in [0.2, 0.25) is 0 Å². The summed E-state index contributed by atoms with van der Waals surface area (Å²) in [5, 5.41) is 3.26. The quantitative estimate of drug-likeness (QED) is 0.882. The fraction of sp³-hybridized carbons (Fsp3) is 0.533. The number of hydrogen-bond acceptors (Lipinski definition) is 5. The summed E-state index contributed by atoms with van der Waals surface area (Å²) in [4.78, 5) is 14.5. The van der Waals surface area contributed by atoms with Crippen LogP contribution >= 0.6 is 0 Å². The van der Waals surface area contributed by atoms with Gasteiger partial charge < -0.3 is 24.4 Å². The first-order chi connectivity index (χ1) is 10.1. The van der Waals surface area contributed by atoms with Crippen molar-refractivity contribution in [3.8, 4) is 17.2 Å². The van der Waals surface area contributed by atoms with Crippen molar-refractivity contribution < 1.29 is 19.0 Å². The Labute approximate surface area is 125 Å². The molecule has 1 atom stereocenters. The Morgan fingerprint density at radius 1 is 1.14 bits per heavy atom. The number of ether oxygens (including phenoxy) is 3. The number of rotatable bonds is 5. The molecule has 6 heteroatoms. The van der Waals surface area contributed by atoms with Crippen molar-refractivity contribution in [1.82, 2.24) is 10.2 Å². The van der Waals surface area contributed by atoms with Crippen LogP contribution in [0, 0.1) is 0 Å². The number of hydrogen-bond donors (Lipinski definition) is 1. The Balaban J connectivity index is 2.34. The SMILES string of the molecule is COc1cc(OC)c(C(=O)N(C)C2CCNC2)cc1OC. The van der Waals surface area contributed by atoms with Crippen molar-refractivity contribution in [2.45, 2.75) is 12.5 Å². The summed E-state index contributed by atoms with van der Waals surface area (Å²) in [6, 6.07) is 3.54. The van der Waals surface area contributed by atoms with Crippen molar-refractivity contribution in [1.29, 1.82) is 0 Å². The molecule has 1 amide bonds. The number of likely N-dealkylation sites (N-methyl/N-ethyl adjacent to an activating group) is 1. The van der Waals surface area contributed by atoms with Gasteiger partial charge in [0.1, 0.15) is 5.75 Å². The van der Waals surface area contributed by atoms with Gasteiger partial charge in [-0.15, -0.1) is 0 Å². The zero-order valence-corrected chi connectivity index (χ0v) is 12.9. The highest BCUT2D eigenvalue weighted by atomic mass is 16.5. The summed E-state index contributed by atoms with van der Waals surface area (Å²) < 4.78 is 15.8. The molecule has 2 rings (SSSR count). The van der Waals surface area contributed by atoms with Crippen LogP contribution in [0.5, 0.6) is 17.2 Å². The molecular weight excluding hydrogens is 272 g/mol. The minimum atomic E-state index is -0.0819. The van der Waals surface area contributed by atoms with Crippen molar-refractivity contribution >= 4 is 5.91 Å². The molecule has 21 heavy (non-hydrogen) atoms. The van der Waals surface area contributed by atoms with Gasteiger partial charge in [0.15, 0.2) is 11.5 Å². The third kappa shape index (κ3) is 3.05. The van der Waals surface area contributed by atoms with Crippen molar-refractivity contribution in [2.75, 3.05) is 41.5 Å². The number of benzene rings is 1. The standard InChI is InChI=1S/C15H22N2O4/c1-17(10-5-6-16-9-10)15(18)11-7-13(20-3)14(21-4)8-12(11)19-2/h7-8,10,16H,5-6,9H2,1-4H3. The van der Waals surface area contributed by atoms with Crippen LogP contribution in [-0.4, -0.2) is 58.3 Å². The molecule has 6 nitrogen and oxygen atoms in total. The van der Waals surface area contributed by atoms with Gasteiger partial charge in [0, 0.05) is 31.8 Å². The second kappa shape index (κ2) is 6.67. The molecule has 1 N–H and O–H groups in total. The summed E-state index contributed by atoms with van der Waals surface area (Å²) in [7, 11) is 6.45. The highest BCUT2D eigenvalue weighted by molar-refractivity contribution is 5.98. The first-order valence-corrected chi connectivity index (χ1v) is 6.90. The van der Waals surface area contributed by atoms with Crippen LogP contribution in [-0.2, 0) is 0 Å². The lowest BCUT2D eigenvalue weighted by Crippen LogP contribution is -2.38. The fourth-order valence-corrected chi connectivity index (χ4v) is 2.52. The number of amides is 1. The highest BCUT2D eigenvalue weighted by Crippen LogP contribution is 2.35. The summed E-state index contributed by atoms with van der Waals surface area (Å²) in [6.07, 6.45) is 0.956. The Morgan fingerprint density at radius 2 is 1.76 bits per heavy atom. The normalized spacial score (nSPS) is 17.4. The van der Waals surface area contributed by atoms with E-state index in [1.54, 1.807) is 31.3 Å². The molecule has 1 fully saturated rings. The second-order valence-corrected chi connectivity index (χ2v) is 4.97. The number of methoxy groups -OCH3 is 3. The van der Waals surface area contributed by atoms with E-state index >= 15 is 0 Å². The summed E-state index contributed by atoms with van der Waals surface area (Å²) in [5.41, 5.74) is 0.476. The molecule has 0 aromatic heterocycles. The fourth-order valence-electron chi connectivity index (χ4n) is 2.52. The lowest BCUT2D eigenvalue weighted by molar-refractivity contribution is 0.0740. The van der Waals surface area contributed by atoms with Crippen molar-refractivity contribution in [2.24, 2.45) is 0 Å². The van der Waals surface area contributed by atoms with Gasteiger partial charge in [0.25, 0.3) is 5.91 Å². The zero-order chi connectivity index (χ0) is 15.4. The molecule has 1 aromatic carbocycles. The van der Waals surface area contributed by atoms with E-state index in [1.807, 2.05) is 7.05 Å². The molecule has 0 saturated carbocycles. The van der Waals surface area contributed by atoms with E-state index in [0.717, 1.165) is 19.5 Å². The second-order valence-electron chi connectivity index (χ2n) is 4.97. The Morgan fingerprint density at radius 3 is 2.29 bits per heavy atom. The van der Waals surface area contributed by atoms with E-state index < -0.39 is 0 Å². The average Bonchev–Trinajstić information content (AvgIpc) is 3.06. The summed E-state index contributed by atoms with van der Waals surface area (Å²) in [6.45, 7) is 1.75. The molecule has 0 spiro atoms. The van der Waals surface area contributed by atoms with E-state index in [9.17, 15) is 4.79 Å². The molecule has 1 aliphatic heterocycles. The molecule has 1 heterocycles. The number of nitrogens with zero attached hydrogens (tertiary/aromatic N) is 1. The van der Waals surface area contributed by atoms with Gasteiger partial charge in [-0.05, 0) is 13.0 Å². The maximum absolute atomic E-state index is 12.7. The van der Waals surface area contributed by atoms with E-state index in [1.165, 1.54) is 7.11 Å². The third-order valence-electron chi connectivity index (χ3n) is 3.84. The zero-order valence-electron chi connectivity index (χ0n) is 12.9. The lowest BCUT2D eigenvalue weighted by Gasteiger charge is -2.25. The largest absolute Gasteiger partial charge is 0.496 e. The molecule has 1 aliphatic rings. The minimum Gasteiger partial charge on any atom is -0.496 e. The Kier molecular flexibility index (Phi) is 4.90. The van der Waals surface area contributed by atoms with Gasteiger partial charge in [-0.3, -0.25) is 4.79 Å². The molecule has 0 aliphatic carbocycles. The smallest absolute Gasteiger partial charge is 0.257 e. The van der Waals surface area contributed by atoms with Gasteiger partial charge in [-0.25, -0.2) is 0 Å². The molecule has 116 valence electrons. The summed E-state index contributed by atoms with van der Waals surface area (Å²) >= 11 is 0. The predicted molar refractivity (Wildman–Crippen MR) is 79.5 cm³/mol. The summed E-state index contributed by atoms with van der Waals surface area (Å²) in [5.74, 6) is 1.45.